The van der Waals surface area contributed by atoms with Crippen LogP contribution in [0, 0.1) is 17.0 Å². The summed E-state index contributed by atoms with van der Waals surface area (Å²) >= 11 is 1.42. The first kappa shape index (κ1) is 22.2. The number of hydrogen-bond donors (Lipinski definition) is 0. The molecule has 1 aromatic heterocycles. The minimum absolute atomic E-state index is 0.0463. The molecule has 0 radical (unpaired) electrons. The van der Waals surface area contributed by atoms with E-state index in [9.17, 15) is 10.1 Å². The van der Waals surface area contributed by atoms with E-state index in [-0.39, 0.29) is 5.69 Å². The molecule has 1 heterocycles. The highest BCUT2D eigenvalue weighted by molar-refractivity contribution is 7.19. The van der Waals surface area contributed by atoms with Gasteiger partial charge in [0.1, 0.15) is 11.5 Å². The van der Waals surface area contributed by atoms with Crippen molar-refractivity contribution in [1.29, 1.82) is 0 Å². The van der Waals surface area contributed by atoms with Gasteiger partial charge in [-0.2, -0.15) is 0 Å². The second kappa shape index (κ2) is 9.62. The quantitative estimate of drug-likeness (QED) is 0.180. The van der Waals surface area contributed by atoms with Gasteiger partial charge in [0.15, 0.2) is 0 Å². The predicted octanol–water partition coefficient (Wildman–Crippen LogP) is 6.46. The van der Waals surface area contributed by atoms with Gasteiger partial charge in [-0.3, -0.25) is 10.1 Å². The smallest absolute Gasteiger partial charge is 0.269 e. The van der Waals surface area contributed by atoms with Crippen molar-refractivity contribution in [2.75, 3.05) is 14.2 Å². The molecular weight excluding hydrogens is 438 g/mol. The van der Waals surface area contributed by atoms with Crippen LogP contribution >= 0.6 is 11.3 Å². The summed E-state index contributed by atoms with van der Waals surface area (Å²) in [6.45, 7) is 2.03. The lowest BCUT2D eigenvalue weighted by Crippen LogP contribution is -1.92. The molecule has 4 rings (SSSR count). The molecule has 7 nitrogen and oxygen atoms in total. The molecule has 33 heavy (non-hydrogen) atoms. The second-order valence-electron chi connectivity index (χ2n) is 7.21. The largest absolute Gasteiger partial charge is 0.497 e. The number of benzene rings is 3. The Labute approximate surface area is 195 Å². The lowest BCUT2D eigenvalue weighted by atomic mass is 10.1. The highest BCUT2D eigenvalue weighted by Crippen LogP contribution is 2.40. The van der Waals surface area contributed by atoms with Crippen molar-refractivity contribution in [2.45, 2.75) is 6.92 Å². The van der Waals surface area contributed by atoms with E-state index in [1.165, 1.54) is 23.5 Å². The Morgan fingerprint density at radius 1 is 0.970 bits per heavy atom. The van der Waals surface area contributed by atoms with Crippen LogP contribution in [-0.2, 0) is 0 Å². The number of aliphatic imine (C=N–C) groups is 1. The molecule has 0 atom stereocenters. The summed E-state index contributed by atoms with van der Waals surface area (Å²) in [5.74, 6) is 1.34. The van der Waals surface area contributed by atoms with Gasteiger partial charge in [-0.25, -0.2) is 9.98 Å². The maximum absolute atomic E-state index is 11.0. The lowest BCUT2D eigenvalue weighted by molar-refractivity contribution is -0.384. The zero-order valence-corrected chi connectivity index (χ0v) is 19.1. The standard InChI is InChI=1S/C25H21N3O4S/c1-16-4-6-17(7-5-16)23-24(18-8-11-20(12-9-18)28(29)30)33-25(27-23)26-15-19-10-13-21(31-2)14-22(19)32-3/h4-15H,1-3H3. The summed E-state index contributed by atoms with van der Waals surface area (Å²) in [6, 6.07) is 20.1. The number of non-ortho nitro benzene ring substituents is 1. The van der Waals surface area contributed by atoms with Crippen LogP contribution in [0.2, 0.25) is 0 Å². The molecule has 0 saturated carbocycles. The summed E-state index contributed by atoms with van der Waals surface area (Å²) in [4.78, 5) is 20.9. The van der Waals surface area contributed by atoms with Crippen molar-refractivity contribution >= 4 is 28.4 Å². The Morgan fingerprint density at radius 3 is 2.30 bits per heavy atom. The molecule has 8 heteroatoms. The summed E-state index contributed by atoms with van der Waals surface area (Å²) in [5.41, 5.74) is 4.57. The average molecular weight is 460 g/mol. The number of ether oxygens (including phenoxy) is 2. The fourth-order valence-corrected chi connectivity index (χ4v) is 4.19. The van der Waals surface area contributed by atoms with Gasteiger partial charge >= 0.3 is 0 Å². The van der Waals surface area contributed by atoms with Crippen LogP contribution in [0.4, 0.5) is 10.8 Å². The molecule has 3 aromatic carbocycles. The first-order chi connectivity index (χ1) is 16.0. The lowest BCUT2D eigenvalue weighted by Gasteiger charge is -2.06. The molecular formula is C25H21N3O4S. The van der Waals surface area contributed by atoms with E-state index >= 15 is 0 Å². The number of nitro benzene ring substituents is 1. The van der Waals surface area contributed by atoms with Crippen molar-refractivity contribution in [3.8, 4) is 33.2 Å². The molecule has 0 unspecified atom stereocenters. The number of aromatic nitrogens is 1. The molecule has 0 saturated heterocycles. The topological polar surface area (TPSA) is 86.9 Å². The third-order valence-electron chi connectivity index (χ3n) is 5.04. The fourth-order valence-electron chi connectivity index (χ4n) is 3.25. The molecule has 0 aliphatic rings. The Hall–Kier alpha value is -4.04. The van der Waals surface area contributed by atoms with Crippen LogP contribution in [0.1, 0.15) is 11.1 Å². The Balaban J connectivity index is 1.75. The van der Waals surface area contributed by atoms with Gasteiger partial charge in [-0.1, -0.05) is 41.2 Å². The Kier molecular flexibility index (Phi) is 6.46. The van der Waals surface area contributed by atoms with Crippen molar-refractivity contribution < 1.29 is 14.4 Å². The summed E-state index contributed by atoms with van der Waals surface area (Å²) < 4.78 is 10.7. The van der Waals surface area contributed by atoms with E-state index in [0.717, 1.165) is 32.8 Å². The molecule has 0 fully saturated rings. The molecule has 0 amide bonds. The number of methoxy groups -OCH3 is 2. The van der Waals surface area contributed by atoms with Crippen LogP contribution in [0.25, 0.3) is 21.7 Å². The van der Waals surface area contributed by atoms with E-state index in [1.807, 2.05) is 43.3 Å². The first-order valence-corrected chi connectivity index (χ1v) is 10.9. The van der Waals surface area contributed by atoms with Gasteiger partial charge in [-0.15, -0.1) is 0 Å². The van der Waals surface area contributed by atoms with Crippen LogP contribution in [-0.4, -0.2) is 30.3 Å². The highest BCUT2D eigenvalue weighted by atomic mass is 32.1. The molecule has 4 aromatic rings. The normalized spacial score (nSPS) is 11.0. The number of nitrogens with zero attached hydrogens (tertiary/aromatic N) is 3. The zero-order chi connectivity index (χ0) is 23.4. The van der Waals surface area contributed by atoms with Crippen LogP contribution in [0.15, 0.2) is 71.7 Å². The number of nitro groups is 1. The van der Waals surface area contributed by atoms with E-state index in [1.54, 1.807) is 38.6 Å². The number of thiazole rings is 1. The number of rotatable bonds is 7. The number of hydrogen-bond acceptors (Lipinski definition) is 7. The Bertz CT molecular complexity index is 1310. The Morgan fingerprint density at radius 2 is 1.67 bits per heavy atom. The zero-order valence-electron chi connectivity index (χ0n) is 18.3. The monoisotopic (exact) mass is 459 g/mol. The molecule has 0 aliphatic heterocycles. The second-order valence-corrected chi connectivity index (χ2v) is 8.19. The molecule has 0 N–H and O–H groups in total. The summed E-state index contributed by atoms with van der Waals surface area (Å²) in [7, 11) is 3.20. The van der Waals surface area contributed by atoms with E-state index in [2.05, 4.69) is 4.99 Å². The average Bonchev–Trinajstić information content (AvgIpc) is 3.27. The third-order valence-corrected chi connectivity index (χ3v) is 6.05. The molecule has 0 bridgehead atoms. The molecule has 166 valence electrons. The maximum Gasteiger partial charge on any atom is 0.269 e. The van der Waals surface area contributed by atoms with Gasteiger partial charge in [-0.05, 0) is 36.8 Å². The van der Waals surface area contributed by atoms with Crippen LogP contribution in [0.5, 0.6) is 11.5 Å². The third kappa shape index (κ3) is 4.91. The van der Waals surface area contributed by atoms with Crippen molar-refractivity contribution in [3.63, 3.8) is 0 Å². The fraction of sp³-hybridized carbons (Fsp3) is 0.120. The van der Waals surface area contributed by atoms with Crippen LogP contribution in [0.3, 0.4) is 0 Å². The minimum atomic E-state index is -0.407. The molecule has 0 spiro atoms. The van der Waals surface area contributed by atoms with Crippen molar-refractivity contribution in [3.05, 3.63) is 88.0 Å². The van der Waals surface area contributed by atoms with E-state index in [0.29, 0.717) is 16.6 Å². The molecule has 0 aliphatic carbocycles. The van der Waals surface area contributed by atoms with E-state index in [4.69, 9.17) is 14.5 Å². The van der Waals surface area contributed by atoms with Crippen LogP contribution < -0.4 is 9.47 Å². The number of aryl methyl sites for hydroxylation is 1. The van der Waals surface area contributed by atoms with E-state index < -0.39 is 4.92 Å². The maximum atomic E-state index is 11.0. The van der Waals surface area contributed by atoms with Gasteiger partial charge in [0.05, 0.1) is 29.7 Å². The van der Waals surface area contributed by atoms with Crippen molar-refractivity contribution in [2.24, 2.45) is 4.99 Å². The van der Waals surface area contributed by atoms with Gasteiger partial charge in [0.25, 0.3) is 5.69 Å². The highest BCUT2D eigenvalue weighted by Gasteiger charge is 2.16. The summed E-state index contributed by atoms with van der Waals surface area (Å²) in [5, 5.41) is 11.6. The summed E-state index contributed by atoms with van der Waals surface area (Å²) in [6.07, 6.45) is 1.70. The first-order valence-electron chi connectivity index (χ1n) is 10.1. The van der Waals surface area contributed by atoms with Gasteiger partial charge in [0.2, 0.25) is 5.13 Å². The SMILES string of the molecule is COc1ccc(C=Nc2nc(-c3ccc(C)cc3)c(-c3ccc([N+](=O)[O-])cc3)s2)c(OC)c1. The minimum Gasteiger partial charge on any atom is -0.497 e. The predicted molar refractivity (Wildman–Crippen MR) is 131 cm³/mol. The van der Waals surface area contributed by atoms with Gasteiger partial charge in [0, 0.05) is 35.5 Å². The van der Waals surface area contributed by atoms with Gasteiger partial charge < -0.3 is 9.47 Å². The van der Waals surface area contributed by atoms with Crippen molar-refractivity contribution in [1.82, 2.24) is 4.98 Å².